The van der Waals surface area contributed by atoms with Crippen LogP contribution in [0.25, 0.3) is 0 Å². The summed E-state index contributed by atoms with van der Waals surface area (Å²) in [5, 5.41) is 11.9. The van der Waals surface area contributed by atoms with E-state index in [1.165, 1.54) is 0 Å². The molecule has 2 N–H and O–H groups in total. The van der Waals surface area contributed by atoms with Crippen molar-refractivity contribution < 1.29 is 9.90 Å². The van der Waals surface area contributed by atoms with E-state index in [4.69, 9.17) is 5.11 Å². The average molecular weight is 229 g/mol. The molecule has 94 valence electrons. The summed E-state index contributed by atoms with van der Waals surface area (Å²) < 4.78 is 0. The van der Waals surface area contributed by atoms with Gasteiger partial charge < -0.3 is 15.3 Å². The van der Waals surface area contributed by atoms with E-state index in [0.717, 1.165) is 32.6 Å². The second kappa shape index (κ2) is 6.83. The van der Waals surface area contributed by atoms with Crippen LogP contribution in [0.1, 0.15) is 13.3 Å². The fraction of sp³-hybridized carbons (Fsp3) is 0.909. The summed E-state index contributed by atoms with van der Waals surface area (Å²) in [6.45, 7) is 6.22. The Balaban J connectivity index is 2.43. The molecule has 5 heteroatoms. The molecule has 16 heavy (non-hydrogen) atoms. The van der Waals surface area contributed by atoms with Gasteiger partial charge in [-0.1, -0.05) is 0 Å². The smallest absolute Gasteiger partial charge is 0.239 e. The van der Waals surface area contributed by atoms with Crippen LogP contribution >= 0.6 is 0 Å². The number of likely N-dealkylation sites (N-methyl/N-ethyl adjacent to an activating group) is 1. The van der Waals surface area contributed by atoms with Gasteiger partial charge in [0.05, 0.1) is 12.6 Å². The van der Waals surface area contributed by atoms with Crippen LogP contribution in [-0.4, -0.2) is 73.2 Å². The largest absolute Gasteiger partial charge is 0.395 e. The van der Waals surface area contributed by atoms with Gasteiger partial charge in [-0.2, -0.15) is 0 Å². The zero-order valence-electron chi connectivity index (χ0n) is 10.3. The van der Waals surface area contributed by atoms with Crippen molar-refractivity contribution in [2.45, 2.75) is 19.4 Å². The molecule has 1 aliphatic rings. The Kier molecular flexibility index (Phi) is 5.73. The van der Waals surface area contributed by atoms with Crippen molar-refractivity contribution in [3.63, 3.8) is 0 Å². The van der Waals surface area contributed by atoms with Crippen LogP contribution in [0.5, 0.6) is 0 Å². The summed E-state index contributed by atoms with van der Waals surface area (Å²) in [5.41, 5.74) is 0. The Bertz CT molecular complexity index is 223. The maximum Gasteiger partial charge on any atom is 0.239 e. The fourth-order valence-corrected chi connectivity index (χ4v) is 1.95. The highest BCUT2D eigenvalue weighted by Crippen LogP contribution is 2.04. The maximum atomic E-state index is 11.9. The Morgan fingerprint density at radius 2 is 2.12 bits per heavy atom. The standard InChI is InChI=1S/C11H23N3O2/c1-10(12-2)11(16)14-5-3-4-13(6-7-14)8-9-15/h10,12,15H,3-9H2,1-2H3. The number of carbonyl (C=O) groups is 1. The molecule has 0 radical (unpaired) electrons. The first-order valence-electron chi connectivity index (χ1n) is 5.98. The molecule has 1 aliphatic heterocycles. The van der Waals surface area contributed by atoms with E-state index in [2.05, 4.69) is 10.2 Å². The van der Waals surface area contributed by atoms with Gasteiger partial charge in [-0.3, -0.25) is 9.69 Å². The normalized spacial score (nSPS) is 20.6. The summed E-state index contributed by atoms with van der Waals surface area (Å²) in [6, 6.07) is -0.107. The lowest BCUT2D eigenvalue weighted by Gasteiger charge is -2.24. The van der Waals surface area contributed by atoms with Gasteiger partial charge in [0.1, 0.15) is 0 Å². The van der Waals surface area contributed by atoms with Crippen LogP contribution < -0.4 is 5.32 Å². The van der Waals surface area contributed by atoms with E-state index in [1.54, 1.807) is 7.05 Å². The monoisotopic (exact) mass is 229 g/mol. The third kappa shape index (κ3) is 3.73. The quantitative estimate of drug-likeness (QED) is 0.657. The van der Waals surface area contributed by atoms with Gasteiger partial charge in [0.25, 0.3) is 0 Å². The van der Waals surface area contributed by atoms with Crippen LogP contribution in [0.4, 0.5) is 0 Å². The summed E-state index contributed by atoms with van der Waals surface area (Å²) in [7, 11) is 1.80. The predicted octanol–water partition coefficient (Wildman–Crippen LogP) is -0.879. The number of amides is 1. The molecule has 1 fully saturated rings. The van der Waals surface area contributed by atoms with E-state index < -0.39 is 0 Å². The molecule has 5 nitrogen and oxygen atoms in total. The number of hydrogen-bond donors (Lipinski definition) is 2. The van der Waals surface area contributed by atoms with Gasteiger partial charge in [-0.15, -0.1) is 0 Å². The average Bonchev–Trinajstić information content (AvgIpc) is 2.53. The first-order chi connectivity index (χ1) is 7.69. The molecular weight excluding hydrogens is 206 g/mol. The van der Waals surface area contributed by atoms with Crippen LogP contribution in [0, 0.1) is 0 Å². The highest BCUT2D eigenvalue weighted by atomic mass is 16.3. The summed E-state index contributed by atoms with van der Waals surface area (Å²) in [5.74, 6) is 0.174. The highest BCUT2D eigenvalue weighted by Gasteiger charge is 2.21. The predicted molar refractivity (Wildman–Crippen MR) is 63.2 cm³/mol. The maximum absolute atomic E-state index is 11.9. The molecule has 0 spiro atoms. The zero-order chi connectivity index (χ0) is 12.0. The van der Waals surface area contributed by atoms with E-state index in [9.17, 15) is 4.79 Å². The molecule has 1 atom stereocenters. The number of aliphatic hydroxyl groups excluding tert-OH is 1. The van der Waals surface area contributed by atoms with Crippen molar-refractivity contribution in [3.05, 3.63) is 0 Å². The van der Waals surface area contributed by atoms with Crippen molar-refractivity contribution in [3.8, 4) is 0 Å². The number of carbonyl (C=O) groups excluding carboxylic acids is 1. The fourth-order valence-electron chi connectivity index (χ4n) is 1.95. The van der Waals surface area contributed by atoms with Crippen molar-refractivity contribution in [1.82, 2.24) is 15.1 Å². The van der Waals surface area contributed by atoms with Crippen LogP contribution in [0.2, 0.25) is 0 Å². The topological polar surface area (TPSA) is 55.8 Å². The lowest BCUT2D eigenvalue weighted by Crippen LogP contribution is -2.45. The van der Waals surface area contributed by atoms with Gasteiger partial charge in [0, 0.05) is 26.2 Å². The number of rotatable bonds is 4. The number of β-amino-alcohol motifs (C(OH)–C–C–N with tert-alkyl or cyclic N) is 1. The first-order valence-corrected chi connectivity index (χ1v) is 5.98. The minimum Gasteiger partial charge on any atom is -0.395 e. The summed E-state index contributed by atoms with van der Waals surface area (Å²) >= 11 is 0. The molecule has 1 amide bonds. The van der Waals surface area contributed by atoms with Crippen LogP contribution in [0.15, 0.2) is 0 Å². The Morgan fingerprint density at radius 1 is 1.38 bits per heavy atom. The third-order valence-corrected chi connectivity index (χ3v) is 3.12. The van der Waals surface area contributed by atoms with Gasteiger partial charge >= 0.3 is 0 Å². The van der Waals surface area contributed by atoms with E-state index in [0.29, 0.717) is 6.54 Å². The van der Waals surface area contributed by atoms with Crippen molar-refractivity contribution in [2.75, 3.05) is 46.4 Å². The minimum atomic E-state index is -0.107. The van der Waals surface area contributed by atoms with E-state index >= 15 is 0 Å². The van der Waals surface area contributed by atoms with E-state index in [1.807, 2.05) is 11.8 Å². The van der Waals surface area contributed by atoms with Gasteiger partial charge in [0.15, 0.2) is 0 Å². The van der Waals surface area contributed by atoms with Gasteiger partial charge in [-0.25, -0.2) is 0 Å². The number of nitrogens with one attached hydrogen (secondary N) is 1. The molecule has 0 aromatic heterocycles. The van der Waals surface area contributed by atoms with Crippen LogP contribution in [-0.2, 0) is 4.79 Å². The Morgan fingerprint density at radius 3 is 2.75 bits per heavy atom. The molecule has 1 heterocycles. The zero-order valence-corrected chi connectivity index (χ0v) is 10.3. The summed E-state index contributed by atoms with van der Waals surface area (Å²) in [6.07, 6.45) is 0.988. The molecule has 0 aromatic rings. The number of hydrogen-bond acceptors (Lipinski definition) is 4. The van der Waals surface area contributed by atoms with Crippen molar-refractivity contribution >= 4 is 5.91 Å². The molecule has 0 aliphatic carbocycles. The Labute approximate surface area is 97.4 Å². The van der Waals surface area contributed by atoms with Gasteiger partial charge in [0.2, 0.25) is 5.91 Å². The molecule has 1 rings (SSSR count). The Hall–Kier alpha value is -0.650. The lowest BCUT2D eigenvalue weighted by atomic mass is 10.2. The molecular formula is C11H23N3O2. The van der Waals surface area contributed by atoms with E-state index in [-0.39, 0.29) is 18.6 Å². The highest BCUT2D eigenvalue weighted by molar-refractivity contribution is 5.81. The van der Waals surface area contributed by atoms with Crippen molar-refractivity contribution in [1.29, 1.82) is 0 Å². The SMILES string of the molecule is CNC(C)C(=O)N1CCCN(CCO)CC1. The second-order valence-electron chi connectivity index (χ2n) is 4.25. The minimum absolute atomic E-state index is 0.107. The van der Waals surface area contributed by atoms with Crippen molar-refractivity contribution in [2.24, 2.45) is 0 Å². The third-order valence-electron chi connectivity index (χ3n) is 3.12. The number of aliphatic hydroxyl groups is 1. The number of nitrogens with zero attached hydrogens (tertiary/aromatic N) is 2. The second-order valence-corrected chi connectivity index (χ2v) is 4.25. The molecule has 0 aromatic carbocycles. The molecule has 1 saturated heterocycles. The molecule has 0 saturated carbocycles. The lowest BCUT2D eigenvalue weighted by molar-refractivity contribution is -0.132. The molecule has 0 bridgehead atoms. The summed E-state index contributed by atoms with van der Waals surface area (Å²) in [4.78, 5) is 16.1. The van der Waals surface area contributed by atoms with Crippen LogP contribution in [0.3, 0.4) is 0 Å². The molecule has 1 unspecified atom stereocenters. The van der Waals surface area contributed by atoms with Gasteiger partial charge in [-0.05, 0) is 26.9 Å². The first kappa shape index (κ1) is 13.4.